The van der Waals surface area contributed by atoms with E-state index in [1.165, 1.54) is 30.3 Å². The van der Waals surface area contributed by atoms with E-state index in [9.17, 15) is 18.8 Å². The molecule has 0 heterocycles. The Morgan fingerprint density at radius 3 is 2.38 bits per heavy atom. The van der Waals surface area contributed by atoms with Gasteiger partial charge in [-0.3, -0.25) is 9.59 Å². The minimum Gasteiger partial charge on any atom is -0.484 e. The minimum absolute atomic E-state index is 0.0243. The highest BCUT2D eigenvalue weighted by molar-refractivity contribution is 6.33. The maximum Gasteiger partial charge on any atom is 0.338 e. The summed E-state index contributed by atoms with van der Waals surface area (Å²) in [4.78, 5) is 34.3. The SMILES string of the molecule is NC(=O)COc1ccc(C(=O)OCC(=O)Nc2ccc(F)cc2Cl)cc1. The molecule has 7 nitrogen and oxygen atoms in total. The first-order valence-electron chi connectivity index (χ1n) is 7.28. The van der Waals surface area contributed by atoms with Gasteiger partial charge in [0.05, 0.1) is 16.3 Å². The quantitative estimate of drug-likeness (QED) is 0.715. The standard InChI is InChI=1S/C17H14ClFN2O5/c18-13-7-11(19)3-6-14(13)21-16(23)9-26-17(24)10-1-4-12(5-2-10)25-8-15(20)22/h1-7H,8-9H2,(H2,20,22)(H,21,23). The molecule has 0 aromatic heterocycles. The Balaban J connectivity index is 1.85. The topological polar surface area (TPSA) is 108 Å². The third-order valence-electron chi connectivity index (χ3n) is 3.01. The van der Waals surface area contributed by atoms with Gasteiger partial charge in [-0.05, 0) is 42.5 Å². The molecule has 2 aromatic rings. The van der Waals surface area contributed by atoms with Crippen molar-refractivity contribution >= 4 is 35.1 Å². The van der Waals surface area contributed by atoms with Crippen molar-refractivity contribution in [3.05, 3.63) is 58.9 Å². The Morgan fingerprint density at radius 1 is 1.08 bits per heavy atom. The number of nitrogens with two attached hydrogens (primary N) is 1. The second kappa shape index (κ2) is 8.82. The molecular weight excluding hydrogens is 367 g/mol. The van der Waals surface area contributed by atoms with Crippen LogP contribution in [0.25, 0.3) is 0 Å². The van der Waals surface area contributed by atoms with Crippen LogP contribution in [0.2, 0.25) is 5.02 Å². The molecule has 0 fully saturated rings. The van der Waals surface area contributed by atoms with Crippen LogP contribution in [0, 0.1) is 5.82 Å². The molecule has 2 amide bonds. The lowest BCUT2D eigenvalue weighted by atomic mass is 10.2. The summed E-state index contributed by atoms with van der Waals surface area (Å²) in [7, 11) is 0. The van der Waals surface area contributed by atoms with Crippen molar-refractivity contribution in [1.82, 2.24) is 0 Å². The summed E-state index contributed by atoms with van der Waals surface area (Å²) < 4.78 is 22.9. The maximum atomic E-state index is 12.9. The summed E-state index contributed by atoms with van der Waals surface area (Å²) in [6.07, 6.45) is 0. The Kier molecular flexibility index (Phi) is 6.51. The lowest BCUT2D eigenvalue weighted by Gasteiger charge is -2.08. The molecule has 9 heteroatoms. The van der Waals surface area contributed by atoms with Crippen molar-refractivity contribution in [2.45, 2.75) is 0 Å². The van der Waals surface area contributed by atoms with Gasteiger partial charge in [0.15, 0.2) is 13.2 Å². The zero-order chi connectivity index (χ0) is 19.1. The number of carbonyl (C=O) groups is 3. The Morgan fingerprint density at radius 2 is 1.77 bits per heavy atom. The Hall–Kier alpha value is -3.13. The highest BCUT2D eigenvalue weighted by Gasteiger charge is 2.12. The zero-order valence-electron chi connectivity index (χ0n) is 13.3. The minimum atomic E-state index is -0.730. The van der Waals surface area contributed by atoms with Crippen LogP contribution in [0.4, 0.5) is 10.1 Å². The van der Waals surface area contributed by atoms with Gasteiger partial charge in [-0.25, -0.2) is 9.18 Å². The van der Waals surface area contributed by atoms with Crippen LogP contribution < -0.4 is 15.8 Å². The molecule has 3 N–H and O–H groups in total. The first kappa shape index (κ1) is 19.2. The molecule has 0 saturated heterocycles. The Labute approximate surface area is 152 Å². The van der Waals surface area contributed by atoms with E-state index in [4.69, 9.17) is 26.8 Å². The molecule has 26 heavy (non-hydrogen) atoms. The van der Waals surface area contributed by atoms with Gasteiger partial charge in [-0.1, -0.05) is 11.6 Å². The van der Waals surface area contributed by atoms with Crippen molar-refractivity contribution in [2.75, 3.05) is 18.5 Å². The predicted octanol–water partition coefficient (Wildman–Crippen LogP) is 2.14. The molecule has 2 aromatic carbocycles. The van der Waals surface area contributed by atoms with E-state index in [1.54, 1.807) is 0 Å². The van der Waals surface area contributed by atoms with Gasteiger partial charge < -0.3 is 20.5 Å². The third kappa shape index (κ3) is 5.75. The normalized spacial score (nSPS) is 10.1. The van der Waals surface area contributed by atoms with Gasteiger partial charge in [0.25, 0.3) is 11.8 Å². The first-order valence-corrected chi connectivity index (χ1v) is 7.66. The average molecular weight is 381 g/mol. The average Bonchev–Trinajstić information content (AvgIpc) is 2.60. The molecule has 0 atom stereocenters. The zero-order valence-corrected chi connectivity index (χ0v) is 14.1. The number of carbonyl (C=O) groups excluding carboxylic acids is 3. The Bertz CT molecular complexity index is 826. The van der Waals surface area contributed by atoms with Gasteiger partial charge in [0, 0.05) is 0 Å². The van der Waals surface area contributed by atoms with Gasteiger partial charge in [-0.15, -0.1) is 0 Å². The van der Waals surface area contributed by atoms with Crippen LogP contribution in [0.3, 0.4) is 0 Å². The van der Waals surface area contributed by atoms with Crippen molar-refractivity contribution in [3.63, 3.8) is 0 Å². The summed E-state index contributed by atoms with van der Waals surface area (Å²) in [6.45, 7) is -0.831. The fraction of sp³-hybridized carbons (Fsp3) is 0.118. The highest BCUT2D eigenvalue weighted by atomic mass is 35.5. The van der Waals surface area contributed by atoms with E-state index in [0.717, 1.165) is 12.1 Å². The molecule has 0 aliphatic heterocycles. The summed E-state index contributed by atoms with van der Waals surface area (Å²) in [5, 5.41) is 2.43. The summed E-state index contributed by atoms with van der Waals surface area (Å²) in [5.74, 6) is -2.17. The molecular formula is C17H14ClFN2O5. The first-order chi connectivity index (χ1) is 12.3. The second-order valence-electron chi connectivity index (χ2n) is 5.03. The molecule has 136 valence electrons. The second-order valence-corrected chi connectivity index (χ2v) is 5.44. The number of hydrogen-bond donors (Lipinski definition) is 2. The maximum absolute atomic E-state index is 12.9. The number of amides is 2. The highest BCUT2D eigenvalue weighted by Crippen LogP contribution is 2.22. The van der Waals surface area contributed by atoms with E-state index in [0.29, 0.717) is 5.75 Å². The van der Waals surface area contributed by atoms with Crippen molar-refractivity contribution < 1.29 is 28.2 Å². The number of anilines is 1. The number of nitrogens with one attached hydrogen (secondary N) is 1. The molecule has 0 unspecified atom stereocenters. The number of rotatable bonds is 7. The van der Waals surface area contributed by atoms with Crippen LogP contribution >= 0.6 is 11.6 Å². The smallest absolute Gasteiger partial charge is 0.338 e. The van der Waals surface area contributed by atoms with Crippen LogP contribution in [0.1, 0.15) is 10.4 Å². The molecule has 2 rings (SSSR count). The summed E-state index contributed by atoms with van der Waals surface area (Å²) >= 11 is 5.79. The fourth-order valence-corrected chi connectivity index (χ4v) is 2.05. The molecule has 0 aliphatic rings. The fourth-order valence-electron chi connectivity index (χ4n) is 1.83. The molecule has 0 aliphatic carbocycles. The molecule has 0 saturated carbocycles. The number of hydrogen-bond acceptors (Lipinski definition) is 5. The molecule has 0 spiro atoms. The number of halogens is 2. The number of benzene rings is 2. The number of esters is 1. The largest absolute Gasteiger partial charge is 0.484 e. The van der Waals surface area contributed by atoms with E-state index < -0.39 is 30.2 Å². The van der Waals surface area contributed by atoms with Gasteiger partial charge in [-0.2, -0.15) is 0 Å². The molecule has 0 radical (unpaired) electrons. The van der Waals surface area contributed by atoms with E-state index in [2.05, 4.69) is 5.32 Å². The van der Waals surface area contributed by atoms with Crippen molar-refractivity contribution in [1.29, 1.82) is 0 Å². The summed E-state index contributed by atoms with van der Waals surface area (Å²) in [6, 6.07) is 9.21. The molecule has 0 bridgehead atoms. The van der Waals surface area contributed by atoms with Gasteiger partial charge >= 0.3 is 5.97 Å². The number of ether oxygens (including phenoxy) is 2. The van der Waals surface area contributed by atoms with Gasteiger partial charge in [0.1, 0.15) is 11.6 Å². The predicted molar refractivity (Wildman–Crippen MR) is 91.5 cm³/mol. The monoisotopic (exact) mass is 380 g/mol. The van der Waals surface area contributed by atoms with Crippen molar-refractivity contribution in [2.24, 2.45) is 5.73 Å². The number of primary amides is 1. The van der Waals surface area contributed by atoms with Crippen LogP contribution in [0.5, 0.6) is 5.75 Å². The van der Waals surface area contributed by atoms with Crippen molar-refractivity contribution in [3.8, 4) is 5.75 Å². The van der Waals surface area contributed by atoms with Crippen LogP contribution in [0.15, 0.2) is 42.5 Å². The van der Waals surface area contributed by atoms with E-state index >= 15 is 0 Å². The van der Waals surface area contributed by atoms with Crippen LogP contribution in [-0.2, 0) is 14.3 Å². The van der Waals surface area contributed by atoms with E-state index in [-0.39, 0.29) is 22.9 Å². The lowest BCUT2D eigenvalue weighted by molar-refractivity contribution is -0.120. The van der Waals surface area contributed by atoms with Gasteiger partial charge in [0.2, 0.25) is 0 Å². The third-order valence-corrected chi connectivity index (χ3v) is 3.32. The van der Waals surface area contributed by atoms with E-state index in [1.807, 2.05) is 0 Å². The lowest BCUT2D eigenvalue weighted by Crippen LogP contribution is -2.21. The summed E-state index contributed by atoms with van der Waals surface area (Å²) in [5.41, 5.74) is 5.34. The van der Waals surface area contributed by atoms with Crippen LogP contribution in [-0.4, -0.2) is 31.0 Å².